The number of hydrogen-bond donors (Lipinski definition) is 0. The first kappa shape index (κ1) is 19.1. The average molecular weight is 386 g/mol. The predicted octanol–water partition coefficient (Wildman–Crippen LogP) is 5.12. The van der Waals surface area contributed by atoms with Gasteiger partial charge in [-0.3, -0.25) is 0 Å². The zero-order valence-electron chi connectivity index (χ0n) is 15.4. The lowest BCUT2D eigenvalue weighted by molar-refractivity contribution is 0.276. The van der Waals surface area contributed by atoms with Gasteiger partial charge in [-0.2, -0.15) is 0 Å². The highest BCUT2D eigenvalue weighted by Gasteiger charge is 2.07. The van der Waals surface area contributed by atoms with E-state index in [9.17, 15) is 0 Å². The SMILES string of the molecule is CN(C)CCN(C)Cc1ccc(-c2csc(-c3ccc(Cl)cc3)n2)cc1. The van der Waals surface area contributed by atoms with Crippen LogP contribution in [0.1, 0.15) is 5.56 Å². The van der Waals surface area contributed by atoms with Gasteiger partial charge in [-0.15, -0.1) is 11.3 Å². The van der Waals surface area contributed by atoms with Gasteiger partial charge in [0, 0.05) is 41.2 Å². The van der Waals surface area contributed by atoms with Crippen molar-refractivity contribution in [3.05, 3.63) is 64.5 Å². The number of benzene rings is 2. The molecule has 0 fully saturated rings. The summed E-state index contributed by atoms with van der Waals surface area (Å²) in [6.45, 7) is 3.09. The van der Waals surface area contributed by atoms with E-state index in [0.29, 0.717) is 0 Å². The Morgan fingerprint density at radius 2 is 1.54 bits per heavy atom. The monoisotopic (exact) mass is 385 g/mol. The lowest BCUT2D eigenvalue weighted by Crippen LogP contribution is -2.28. The molecule has 2 aromatic carbocycles. The Balaban J connectivity index is 1.66. The third-order valence-corrected chi connectivity index (χ3v) is 5.37. The summed E-state index contributed by atoms with van der Waals surface area (Å²) in [5, 5.41) is 3.88. The second-order valence-electron chi connectivity index (χ2n) is 6.78. The summed E-state index contributed by atoms with van der Waals surface area (Å²) in [6, 6.07) is 16.5. The van der Waals surface area contributed by atoms with Gasteiger partial charge in [-0.1, -0.05) is 48.0 Å². The molecule has 0 N–H and O–H groups in total. The van der Waals surface area contributed by atoms with Crippen LogP contribution in [0.3, 0.4) is 0 Å². The molecule has 3 nitrogen and oxygen atoms in total. The molecule has 0 saturated carbocycles. The topological polar surface area (TPSA) is 19.4 Å². The van der Waals surface area contributed by atoms with E-state index in [4.69, 9.17) is 16.6 Å². The summed E-state index contributed by atoms with van der Waals surface area (Å²) < 4.78 is 0. The van der Waals surface area contributed by atoms with E-state index in [1.54, 1.807) is 11.3 Å². The van der Waals surface area contributed by atoms with Crippen LogP contribution in [0.4, 0.5) is 0 Å². The molecule has 0 radical (unpaired) electrons. The highest BCUT2D eigenvalue weighted by atomic mass is 35.5. The molecular weight excluding hydrogens is 362 g/mol. The first-order valence-electron chi connectivity index (χ1n) is 8.65. The zero-order valence-corrected chi connectivity index (χ0v) is 17.0. The molecule has 0 aliphatic heterocycles. The van der Waals surface area contributed by atoms with E-state index in [-0.39, 0.29) is 0 Å². The van der Waals surface area contributed by atoms with Crippen LogP contribution in [0.5, 0.6) is 0 Å². The molecule has 0 unspecified atom stereocenters. The third-order valence-electron chi connectivity index (χ3n) is 4.23. The second kappa shape index (κ2) is 8.78. The van der Waals surface area contributed by atoms with Crippen molar-refractivity contribution >= 4 is 22.9 Å². The Hall–Kier alpha value is -1.72. The second-order valence-corrected chi connectivity index (χ2v) is 8.08. The van der Waals surface area contributed by atoms with Gasteiger partial charge < -0.3 is 9.80 Å². The van der Waals surface area contributed by atoms with Gasteiger partial charge in [-0.05, 0) is 38.8 Å². The van der Waals surface area contributed by atoms with Gasteiger partial charge in [-0.25, -0.2) is 4.98 Å². The summed E-state index contributed by atoms with van der Waals surface area (Å²) >= 11 is 7.62. The van der Waals surface area contributed by atoms with Crippen LogP contribution in [-0.2, 0) is 6.54 Å². The van der Waals surface area contributed by atoms with Crippen LogP contribution in [0.25, 0.3) is 21.8 Å². The van der Waals surface area contributed by atoms with E-state index in [1.807, 2.05) is 24.3 Å². The molecule has 1 aromatic heterocycles. The van der Waals surface area contributed by atoms with Gasteiger partial charge in [0.1, 0.15) is 5.01 Å². The average Bonchev–Trinajstić information content (AvgIpc) is 3.11. The lowest BCUT2D eigenvalue weighted by atomic mass is 10.1. The number of nitrogens with zero attached hydrogens (tertiary/aromatic N) is 3. The predicted molar refractivity (Wildman–Crippen MR) is 113 cm³/mol. The number of aromatic nitrogens is 1. The standard InChI is InChI=1S/C21H24ClN3S/c1-24(2)12-13-25(3)14-16-4-6-17(7-5-16)20-15-26-21(23-20)18-8-10-19(22)11-9-18/h4-11,15H,12-14H2,1-3H3. The number of thiazole rings is 1. The Kier molecular flexibility index (Phi) is 6.43. The highest BCUT2D eigenvalue weighted by molar-refractivity contribution is 7.13. The van der Waals surface area contributed by atoms with Gasteiger partial charge in [0.25, 0.3) is 0 Å². The van der Waals surface area contributed by atoms with Crippen molar-refractivity contribution in [1.82, 2.24) is 14.8 Å². The Bertz CT molecular complexity index is 825. The van der Waals surface area contributed by atoms with Crippen molar-refractivity contribution < 1.29 is 0 Å². The van der Waals surface area contributed by atoms with Crippen molar-refractivity contribution in [2.45, 2.75) is 6.54 Å². The van der Waals surface area contributed by atoms with Gasteiger partial charge in [0.2, 0.25) is 0 Å². The van der Waals surface area contributed by atoms with E-state index in [1.165, 1.54) is 5.56 Å². The molecule has 1 heterocycles. The molecule has 0 spiro atoms. The molecule has 0 bridgehead atoms. The molecule has 0 aliphatic rings. The van der Waals surface area contributed by atoms with Crippen LogP contribution in [0.15, 0.2) is 53.9 Å². The molecule has 0 amide bonds. The van der Waals surface area contributed by atoms with Gasteiger partial charge in [0.15, 0.2) is 0 Å². The first-order chi connectivity index (χ1) is 12.5. The minimum absolute atomic E-state index is 0.747. The molecule has 3 rings (SSSR count). The normalized spacial score (nSPS) is 11.5. The zero-order chi connectivity index (χ0) is 18.5. The smallest absolute Gasteiger partial charge is 0.124 e. The maximum absolute atomic E-state index is 5.96. The summed E-state index contributed by atoms with van der Waals surface area (Å²) in [6.07, 6.45) is 0. The molecule has 26 heavy (non-hydrogen) atoms. The van der Waals surface area contributed by atoms with Crippen LogP contribution < -0.4 is 0 Å². The van der Waals surface area contributed by atoms with Gasteiger partial charge in [0.05, 0.1) is 5.69 Å². The Labute approximate surface area is 164 Å². The maximum Gasteiger partial charge on any atom is 0.124 e. The molecule has 0 saturated heterocycles. The largest absolute Gasteiger partial charge is 0.308 e. The highest BCUT2D eigenvalue weighted by Crippen LogP contribution is 2.29. The third kappa shape index (κ3) is 5.15. The number of hydrogen-bond acceptors (Lipinski definition) is 4. The van der Waals surface area contributed by atoms with Crippen LogP contribution in [0.2, 0.25) is 5.02 Å². The molecule has 0 atom stereocenters. The van der Waals surface area contributed by atoms with E-state index < -0.39 is 0 Å². The summed E-state index contributed by atoms with van der Waals surface area (Å²) in [4.78, 5) is 9.33. The quantitative estimate of drug-likeness (QED) is 0.562. The fraction of sp³-hybridized carbons (Fsp3) is 0.286. The van der Waals surface area contributed by atoms with E-state index in [2.05, 4.69) is 60.6 Å². The number of likely N-dealkylation sites (N-methyl/N-ethyl adjacent to an activating group) is 2. The maximum atomic E-state index is 5.96. The Morgan fingerprint density at radius 1 is 0.885 bits per heavy atom. The lowest BCUT2D eigenvalue weighted by Gasteiger charge is -2.19. The van der Waals surface area contributed by atoms with Crippen molar-refractivity contribution in [1.29, 1.82) is 0 Å². The number of halogens is 1. The summed E-state index contributed by atoms with van der Waals surface area (Å²) in [5.74, 6) is 0. The minimum Gasteiger partial charge on any atom is -0.308 e. The van der Waals surface area contributed by atoms with Crippen molar-refractivity contribution in [2.75, 3.05) is 34.2 Å². The fourth-order valence-corrected chi connectivity index (χ4v) is 3.63. The van der Waals surface area contributed by atoms with Crippen molar-refractivity contribution in [3.8, 4) is 21.8 Å². The fourth-order valence-electron chi connectivity index (χ4n) is 2.67. The van der Waals surface area contributed by atoms with Crippen molar-refractivity contribution in [3.63, 3.8) is 0 Å². The van der Waals surface area contributed by atoms with E-state index >= 15 is 0 Å². The molecule has 3 aromatic rings. The summed E-state index contributed by atoms with van der Waals surface area (Å²) in [5.41, 5.74) is 4.60. The van der Waals surface area contributed by atoms with Gasteiger partial charge >= 0.3 is 0 Å². The first-order valence-corrected chi connectivity index (χ1v) is 9.91. The van der Waals surface area contributed by atoms with Crippen LogP contribution in [0, 0.1) is 0 Å². The number of rotatable bonds is 7. The van der Waals surface area contributed by atoms with Crippen LogP contribution >= 0.6 is 22.9 Å². The molecule has 5 heteroatoms. The van der Waals surface area contributed by atoms with Crippen molar-refractivity contribution in [2.24, 2.45) is 0 Å². The van der Waals surface area contributed by atoms with Crippen LogP contribution in [-0.4, -0.2) is 49.0 Å². The molecular formula is C21H24ClN3S. The minimum atomic E-state index is 0.747. The molecule has 0 aliphatic carbocycles. The Morgan fingerprint density at radius 3 is 2.19 bits per heavy atom. The summed E-state index contributed by atoms with van der Waals surface area (Å²) in [7, 11) is 6.37. The molecule has 136 valence electrons. The van der Waals surface area contributed by atoms with E-state index in [0.717, 1.165) is 46.5 Å².